The minimum atomic E-state index is 0.130. The maximum Gasteiger partial charge on any atom is 0.205 e. The topological polar surface area (TPSA) is 7.76 Å². The van der Waals surface area contributed by atoms with Gasteiger partial charge in [-0.2, -0.15) is 0 Å². The van der Waals surface area contributed by atoms with Crippen LogP contribution in [0.25, 0.3) is 11.1 Å². The first-order valence-electron chi connectivity index (χ1n) is 8.60. The second-order valence-corrected chi connectivity index (χ2v) is 8.48. The Hall–Kier alpha value is -1.64. The van der Waals surface area contributed by atoms with E-state index < -0.39 is 0 Å². The molecule has 3 rings (SSSR count). The van der Waals surface area contributed by atoms with Crippen molar-refractivity contribution in [2.24, 2.45) is 5.41 Å². The molecular formula is C20H28BN2+2. The number of aromatic nitrogens is 2. The summed E-state index contributed by atoms with van der Waals surface area (Å²) >= 11 is 0. The average Bonchev–Trinajstić information content (AvgIpc) is 3.12. The van der Waals surface area contributed by atoms with Gasteiger partial charge in [0.15, 0.2) is 30.3 Å². The summed E-state index contributed by atoms with van der Waals surface area (Å²) in [6.07, 6.45) is 11.0. The molecule has 2 heterocycles. The van der Waals surface area contributed by atoms with E-state index in [2.05, 4.69) is 100 Å². The zero-order valence-electron chi connectivity index (χ0n) is 15.1. The fourth-order valence-electron chi connectivity index (χ4n) is 3.00. The van der Waals surface area contributed by atoms with Gasteiger partial charge in [0, 0.05) is 45.0 Å². The van der Waals surface area contributed by atoms with Crippen molar-refractivity contribution in [1.82, 2.24) is 0 Å². The molecule has 0 N–H and O–H groups in total. The number of hydrogen-bond donors (Lipinski definition) is 0. The van der Waals surface area contributed by atoms with Crippen molar-refractivity contribution < 1.29 is 9.13 Å². The number of hydrogen-bond acceptors (Lipinski definition) is 0. The van der Waals surface area contributed by atoms with Crippen LogP contribution in [0.15, 0.2) is 49.1 Å². The second-order valence-electron chi connectivity index (χ2n) is 8.48. The molecule has 1 aliphatic carbocycles. The molecule has 2 nitrogen and oxygen atoms in total. The molecule has 3 heteroatoms. The van der Waals surface area contributed by atoms with E-state index in [0.717, 1.165) is 12.3 Å². The van der Waals surface area contributed by atoms with E-state index in [4.69, 9.17) is 0 Å². The lowest BCUT2D eigenvalue weighted by Gasteiger charge is -2.12. The van der Waals surface area contributed by atoms with Crippen LogP contribution in [0, 0.1) is 5.41 Å². The molecule has 0 aromatic carbocycles. The Morgan fingerprint density at radius 2 is 1.48 bits per heavy atom. The highest BCUT2D eigenvalue weighted by Gasteiger charge is 2.45. The molecule has 119 valence electrons. The minimum Gasteiger partial charge on any atom is -0.214 e. The van der Waals surface area contributed by atoms with Crippen LogP contribution >= 0.6 is 0 Å². The maximum absolute atomic E-state index is 2.45. The number of pyridine rings is 2. The van der Waals surface area contributed by atoms with E-state index in [0.29, 0.717) is 5.41 Å². The van der Waals surface area contributed by atoms with E-state index >= 15 is 0 Å². The van der Waals surface area contributed by atoms with Gasteiger partial charge >= 0.3 is 0 Å². The van der Waals surface area contributed by atoms with Gasteiger partial charge in [-0.1, -0.05) is 26.1 Å². The van der Waals surface area contributed by atoms with Gasteiger partial charge in [-0.3, -0.25) is 0 Å². The third-order valence-corrected chi connectivity index (χ3v) is 5.02. The lowest BCUT2D eigenvalue weighted by atomic mass is 9.69. The summed E-state index contributed by atoms with van der Waals surface area (Å²) in [7, 11) is 2.45. The van der Waals surface area contributed by atoms with Crippen molar-refractivity contribution in [3.63, 3.8) is 0 Å². The van der Waals surface area contributed by atoms with E-state index in [1.807, 2.05) is 0 Å². The first kappa shape index (κ1) is 16.2. The maximum atomic E-state index is 2.45. The fourth-order valence-corrected chi connectivity index (χ4v) is 3.00. The van der Waals surface area contributed by atoms with Crippen molar-refractivity contribution in [1.29, 1.82) is 0 Å². The average molecular weight is 307 g/mol. The van der Waals surface area contributed by atoms with Gasteiger partial charge in [0.2, 0.25) is 7.28 Å². The predicted octanol–water partition coefficient (Wildman–Crippen LogP) is 3.56. The smallest absolute Gasteiger partial charge is 0.205 e. The van der Waals surface area contributed by atoms with Crippen LogP contribution < -0.4 is 9.13 Å². The Labute approximate surface area is 141 Å². The molecule has 0 aliphatic heterocycles. The summed E-state index contributed by atoms with van der Waals surface area (Å²) in [6.45, 7) is 11.4. The molecule has 0 bridgehead atoms. The summed E-state index contributed by atoms with van der Waals surface area (Å²) in [6, 6.07) is 8.82. The van der Waals surface area contributed by atoms with Crippen LogP contribution in [0.5, 0.6) is 0 Å². The molecule has 1 saturated carbocycles. The Kier molecular flexibility index (Phi) is 4.08. The zero-order chi connectivity index (χ0) is 16.7. The van der Waals surface area contributed by atoms with Crippen molar-refractivity contribution in [3.05, 3.63) is 49.1 Å². The quantitative estimate of drug-likeness (QED) is 0.603. The standard InChI is InChI=1S/C20H28BN2/c1-19(2,3)23-12-8-17(9-13-23)16-6-10-22(11-7-16)15-21-18-14-20(18,4)5/h6-13,18H,14-15H2,1-5H3/q+2. The van der Waals surface area contributed by atoms with Crippen LogP contribution in [0.4, 0.5) is 0 Å². The van der Waals surface area contributed by atoms with Gasteiger partial charge in [-0.25, -0.2) is 9.13 Å². The number of nitrogens with zero attached hydrogens (tertiary/aromatic N) is 2. The van der Waals surface area contributed by atoms with Crippen molar-refractivity contribution >= 4 is 7.28 Å². The molecule has 0 amide bonds. The normalized spacial score (nSPS) is 19.4. The van der Waals surface area contributed by atoms with Crippen LogP contribution in [-0.2, 0) is 12.0 Å². The fraction of sp³-hybridized carbons (Fsp3) is 0.500. The van der Waals surface area contributed by atoms with Gasteiger partial charge in [0.05, 0.1) is 0 Å². The summed E-state index contributed by atoms with van der Waals surface area (Å²) in [5, 5.41) is 0. The van der Waals surface area contributed by atoms with Crippen molar-refractivity contribution in [2.75, 3.05) is 0 Å². The minimum absolute atomic E-state index is 0.130. The van der Waals surface area contributed by atoms with E-state index in [1.54, 1.807) is 0 Å². The summed E-state index contributed by atoms with van der Waals surface area (Å²) in [5.41, 5.74) is 3.21. The molecule has 1 radical (unpaired) electrons. The number of rotatable bonds is 4. The molecule has 2 aromatic heterocycles. The lowest BCUT2D eigenvalue weighted by Crippen LogP contribution is -2.49. The van der Waals surface area contributed by atoms with Gasteiger partial charge in [-0.05, 0) is 16.5 Å². The van der Waals surface area contributed by atoms with Gasteiger partial charge < -0.3 is 0 Å². The van der Waals surface area contributed by atoms with E-state index in [9.17, 15) is 0 Å². The molecule has 0 saturated heterocycles. The van der Waals surface area contributed by atoms with Gasteiger partial charge in [-0.15, -0.1) is 0 Å². The zero-order valence-corrected chi connectivity index (χ0v) is 15.1. The molecule has 2 aromatic rings. The molecule has 1 atom stereocenters. The van der Waals surface area contributed by atoms with Gasteiger partial charge in [0.25, 0.3) is 0 Å². The van der Waals surface area contributed by atoms with Crippen molar-refractivity contribution in [3.8, 4) is 11.1 Å². The SMILES string of the molecule is CC1(C)CC1[B]C[n+]1ccc(-c2cc[n+](C(C)(C)C)cc2)cc1. The van der Waals surface area contributed by atoms with Crippen LogP contribution in [0.1, 0.15) is 41.0 Å². The van der Waals surface area contributed by atoms with E-state index in [1.165, 1.54) is 17.5 Å². The predicted molar refractivity (Wildman–Crippen MR) is 95.2 cm³/mol. The van der Waals surface area contributed by atoms with E-state index in [-0.39, 0.29) is 5.54 Å². The first-order chi connectivity index (χ1) is 10.8. The molecule has 0 spiro atoms. The third kappa shape index (κ3) is 3.83. The molecule has 1 unspecified atom stereocenters. The summed E-state index contributed by atoms with van der Waals surface area (Å²) in [4.78, 5) is 0. The van der Waals surface area contributed by atoms with Gasteiger partial charge in [0.1, 0.15) is 6.44 Å². The largest absolute Gasteiger partial charge is 0.214 e. The summed E-state index contributed by atoms with van der Waals surface area (Å²) in [5.74, 6) is 0.789. The summed E-state index contributed by atoms with van der Waals surface area (Å²) < 4.78 is 4.50. The highest BCUT2D eigenvalue weighted by Crippen LogP contribution is 2.56. The second kappa shape index (κ2) is 5.77. The lowest BCUT2D eigenvalue weighted by molar-refractivity contribution is -0.754. The first-order valence-corrected chi connectivity index (χ1v) is 8.60. The highest BCUT2D eigenvalue weighted by molar-refractivity contribution is 6.37. The van der Waals surface area contributed by atoms with Crippen molar-refractivity contribution in [2.45, 2.75) is 58.8 Å². The highest BCUT2D eigenvalue weighted by atomic mass is 15.0. The molecule has 1 fully saturated rings. The monoisotopic (exact) mass is 307 g/mol. The van der Waals surface area contributed by atoms with Crippen LogP contribution in [0.2, 0.25) is 5.82 Å². The Bertz CT molecular complexity index is 666. The third-order valence-electron chi connectivity index (χ3n) is 5.02. The molecule has 1 aliphatic rings. The Morgan fingerprint density at radius 3 is 1.91 bits per heavy atom. The van der Waals surface area contributed by atoms with Crippen LogP contribution in [-0.4, -0.2) is 7.28 Å². The van der Waals surface area contributed by atoms with Crippen LogP contribution in [0.3, 0.4) is 0 Å². The molecule has 23 heavy (non-hydrogen) atoms. The Balaban J connectivity index is 1.65. The Morgan fingerprint density at radius 1 is 1.00 bits per heavy atom. The molecular weight excluding hydrogens is 279 g/mol.